The summed E-state index contributed by atoms with van der Waals surface area (Å²) in [5.41, 5.74) is 4.70. The summed E-state index contributed by atoms with van der Waals surface area (Å²) in [5, 5.41) is 11.9. The molecule has 1 saturated carbocycles. The maximum absolute atomic E-state index is 12.4. The van der Waals surface area contributed by atoms with Gasteiger partial charge in [-0.25, -0.2) is 13.4 Å². The third kappa shape index (κ3) is 2.78. The molecule has 1 aliphatic rings. The van der Waals surface area contributed by atoms with Crippen molar-refractivity contribution in [3.63, 3.8) is 0 Å². The van der Waals surface area contributed by atoms with Crippen LogP contribution in [0.2, 0.25) is 0 Å². The summed E-state index contributed by atoms with van der Waals surface area (Å²) < 4.78 is 27.3. The van der Waals surface area contributed by atoms with Crippen LogP contribution in [-0.4, -0.2) is 35.0 Å². The fourth-order valence-corrected chi connectivity index (χ4v) is 3.92. The van der Waals surface area contributed by atoms with Crippen molar-refractivity contribution in [2.24, 2.45) is 10.9 Å². The molecule has 0 atom stereocenters. The number of rotatable bonds is 4. The van der Waals surface area contributed by atoms with E-state index in [2.05, 4.69) is 19.8 Å². The van der Waals surface area contributed by atoms with Crippen molar-refractivity contribution >= 4 is 15.9 Å². The molecule has 1 heterocycles. The van der Waals surface area contributed by atoms with E-state index in [4.69, 9.17) is 10.9 Å². The number of aromatic nitrogens is 2. The number of imidazole rings is 1. The molecule has 0 saturated heterocycles. The summed E-state index contributed by atoms with van der Waals surface area (Å²) in [6, 6.07) is 0. The van der Waals surface area contributed by atoms with E-state index in [-0.39, 0.29) is 10.9 Å². The Bertz CT molecular complexity index is 601. The monoisotopic (exact) mass is 301 g/mol. The van der Waals surface area contributed by atoms with Gasteiger partial charge in [0.15, 0.2) is 10.9 Å². The number of sulfonamides is 1. The van der Waals surface area contributed by atoms with Crippen molar-refractivity contribution in [1.82, 2.24) is 14.7 Å². The van der Waals surface area contributed by atoms with Crippen LogP contribution in [0.3, 0.4) is 0 Å². The van der Waals surface area contributed by atoms with Crippen LogP contribution >= 0.6 is 0 Å². The maximum atomic E-state index is 12.4. The maximum Gasteiger partial charge on any atom is 0.258 e. The SMILES string of the molecule is Cc1ncc(S(=O)(=O)NC2(C(N)=NO)CCCCC2)[nH]1. The molecule has 1 aliphatic carbocycles. The summed E-state index contributed by atoms with van der Waals surface area (Å²) in [7, 11) is -3.79. The van der Waals surface area contributed by atoms with Crippen LogP contribution in [0.1, 0.15) is 37.9 Å². The molecule has 1 aromatic heterocycles. The summed E-state index contributed by atoms with van der Waals surface area (Å²) in [5.74, 6) is 0.406. The predicted octanol–water partition coefficient (Wildman–Crippen LogP) is 0.446. The molecule has 0 bridgehead atoms. The van der Waals surface area contributed by atoms with E-state index < -0.39 is 15.6 Å². The summed E-state index contributed by atoms with van der Waals surface area (Å²) in [6.07, 6.45) is 4.91. The van der Waals surface area contributed by atoms with Gasteiger partial charge in [0, 0.05) is 0 Å². The van der Waals surface area contributed by atoms with Crippen LogP contribution in [0.15, 0.2) is 16.4 Å². The van der Waals surface area contributed by atoms with Gasteiger partial charge in [-0.3, -0.25) is 0 Å². The van der Waals surface area contributed by atoms with Crippen LogP contribution in [0, 0.1) is 6.92 Å². The highest BCUT2D eigenvalue weighted by molar-refractivity contribution is 7.89. The minimum atomic E-state index is -3.79. The van der Waals surface area contributed by atoms with E-state index in [1.165, 1.54) is 6.20 Å². The Morgan fingerprint density at radius 2 is 2.15 bits per heavy atom. The van der Waals surface area contributed by atoms with Crippen LogP contribution in [0.25, 0.3) is 0 Å². The lowest BCUT2D eigenvalue weighted by Gasteiger charge is -2.36. The van der Waals surface area contributed by atoms with Crippen LogP contribution in [-0.2, 0) is 10.0 Å². The summed E-state index contributed by atoms with van der Waals surface area (Å²) in [4.78, 5) is 6.55. The lowest BCUT2D eigenvalue weighted by Crippen LogP contribution is -2.58. The summed E-state index contributed by atoms with van der Waals surface area (Å²) >= 11 is 0. The molecule has 2 rings (SSSR count). The minimum Gasteiger partial charge on any atom is -0.409 e. The highest BCUT2D eigenvalue weighted by Crippen LogP contribution is 2.30. The number of nitrogens with two attached hydrogens (primary N) is 1. The quantitative estimate of drug-likeness (QED) is 0.277. The van der Waals surface area contributed by atoms with Crippen molar-refractivity contribution in [2.45, 2.75) is 49.6 Å². The first-order valence-corrected chi connectivity index (χ1v) is 7.91. The molecule has 0 aliphatic heterocycles. The second kappa shape index (κ2) is 5.41. The topological polar surface area (TPSA) is 133 Å². The Balaban J connectivity index is 2.32. The first-order valence-electron chi connectivity index (χ1n) is 6.43. The fourth-order valence-electron chi connectivity index (χ4n) is 2.51. The Labute approximate surface area is 117 Å². The van der Waals surface area contributed by atoms with Crippen molar-refractivity contribution in [1.29, 1.82) is 0 Å². The standard InChI is InChI=1S/C11H19N5O3S/c1-8-13-7-9(14-8)20(18,19)16-11(10(12)15-17)5-3-2-4-6-11/h7,16-17H,2-6H2,1H3,(H2,12,15)(H,13,14). The van der Waals surface area contributed by atoms with E-state index in [1.54, 1.807) is 6.92 Å². The van der Waals surface area contributed by atoms with E-state index in [1.807, 2.05) is 0 Å². The Hall–Kier alpha value is -1.61. The zero-order valence-corrected chi connectivity index (χ0v) is 12.1. The lowest BCUT2D eigenvalue weighted by atomic mass is 9.82. The largest absolute Gasteiger partial charge is 0.409 e. The van der Waals surface area contributed by atoms with Gasteiger partial charge in [0.05, 0.1) is 11.7 Å². The van der Waals surface area contributed by atoms with Crippen molar-refractivity contribution < 1.29 is 13.6 Å². The number of oxime groups is 1. The number of hydrogen-bond donors (Lipinski definition) is 4. The van der Waals surface area contributed by atoms with E-state index >= 15 is 0 Å². The smallest absolute Gasteiger partial charge is 0.258 e. The van der Waals surface area contributed by atoms with E-state index in [0.29, 0.717) is 18.7 Å². The number of aryl methyl sites for hydroxylation is 1. The Morgan fingerprint density at radius 3 is 2.65 bits per heavy atom. The lowest BCUT2D eigenvalue weighted by molar-refractivity contribution is 0.293. The van der Waals surface area contributed by atoms with E-state index in [9.17, 15) is 8.42 Å². The number of nitrogens with zero attached hydrogens (tertiary/aromatic N) is 2. The van der Waals surface area contributed by atoms with Crippen molar-refractivity contribution in [3.05, 3.63) is 12.0 Å². The second-order valence-corrected chi connectivity index (χ2v) is 6.72. The molecule has 8 nitrogen and oxygen atoms in total. The first kappa shape index (κ1) is 14.8. The molecule has 0 radical (unpaired) electrons. The van der Waals surface area contributed by atoms with Crippen LogP contribution in [0.4, 0.5) is 0 Å². The molecular weight excluding hydrogens is 282 g/mol. The Kier molecular flexibility index (Phi) is 4.00. The normalized spacial score (nSPS) is 19.9. The molecule has 0 unspecified atom stereocenters. The van der Waals surface area contributed by atoms with Gasteiger partial charge in [-0.2, -0.15) is 4.72 Å². The number of aromatic amines is 1. The molecule has 1 fully saturated rings. The number of H-pyrrole nitrogens is 1. The molecule has 9 heteroatoms. The highest BCUT2D eigenvalue weighted by Gasteiger charge is 2.41. The molecule has 0 aromatic carbocycles. The summed E-state index contributed by atoms with van der Waals surface area (Å²) in [6.45, 7) is 1.67. The molecular formula is C11H19N5O3S. The third-order valence-corrected chi connectivity index (χ3v) is 5.05. The average Bonchev–Trinajstić information content (AvgIpc) is 2.86. The van der Waals surface area contributed by atoms with Crippen LogP contribution < -0.4 is 10.5 Å². The van der Waals surface area contributed by atoms with Crippen LogP contribution in [0.5, 0.6) is 0 Å². The average molecular weight is 301 g/mol. The van der Waals surface area contributed by atoms with Gasteiger partial charge >= 0.3 is 0 Å². The minimum absolute atomic E-state index is 0.0225. The van der Waals surface area contributed by atoms with Gasteiger partial charge in [-0.1, -0.05) is 24.4 Å². The zero-order valence-electron chi connectivity index (χ0n) is 11.3. The fraction of sp³-hybridized carbons (Fsp3) is 0.636. The molecule has 112 valence electrons. The number of nitrogens with one attached hydrogen (secondary N) is 2. The van der Waals surface area contributed by atoms with E-state index in [0.717, 1.165) is 19.3 Å². The highest BCUT2D eigenvalue weighted by atomic mass is 32.2. The van der Waals surface area contributed by atoms with Gasteiger partial charge in [0.25, 0.3) is 10.0 Å². The molecule has 5 N–H and O–H groups in total. The Morgan fingerprint density at radius 1 is 1.50 bits per heavy atom. The van der Waals surface area contributed by atoms with Gasteiger partial charge in [-0.15, -0.1) is 0 Å². The number of hydrogen-bond acceptors (Lipinski definition) is 5. The number of amidine groups is 1. The third-order valence-electron chi connectivity index (χ3n) is 3.60. The van der Waals surface area contributed by atoms with Gasteiger partial charge < -0.3 is 15.9 Å². The molecule has 0 amide bonds. The first-order chi connectivity index (χ1) is 9.39. The van der Waals surface area contributed by atoms with Crippen molar-refractivity contribution in [3.8, 4) is 0 Å². The molecule has 20 heavy (non-hydrogen) atoms. The predicted molar refractivity (Wildman–Crippen MR) is 72.9 cm³/mol. The molecule has 0 spiro atoms. The van der Waals surface area contributed by atoms with Crippen molar-refractivity contribution in [2.75, 3.05) is 0 Å². The zero-order chi connectivity index (χ0) is 14.8. The van der Waals surface area contributed by atoms with Gasteiger partial charge in [0.2, 0.25) is 0 Å². The van der Waals surface area contributed by atoms with Gasteiger partial charge in [-0.05, 0) is 19.8 Å². The second-order valence-electron chi connectivity index (χ2n) is 5.07. The molecule has 1 aromatic rings. The van der Waals surface area contributed by atoms with Gasteiger partial charge in [0.1, 0.15) is 5.82 Å².